The molecule has 3 amide bonds. The van der Waals surface area contributed by atoms with Crippen LogP contribution < -0.4 is 16.0 Å². The van der Waals surface area contributed by atoms with E-state index in [0.717, 1.165) is 0 Å². The van der Waals surface area contributed by atoms with Crippen LogP contribution >= 0.6 is 0 Å². The maximum absolute atomic E-state index is 12.6. The third kappa shape index (κ3) is 6.77. The van der Waals surface area contributed by atoms with E-state index in [9.17, 15) is 29.6 Å². The van der Waals surface area contributed by atoms with Crippen molar-refractivity contribution in [1.29, 1.82) is 0 Å². The summed E-state index contributed by atoms with van der Waals surface area (Å²) in [4.78, 5) is 46.5. The second kappa shape index (κ2) is 11.2. The Bertz CT molecular complexity index is 898. The molecule has 4 N–H and O–H groups in total. The van der Waals surface area contributed by atoms with Gasteiger partial charge in [0.15, 0.2) is 0 Å². The summed E-state index contributed by atoms with van der Waals surface area (Å²) in [7, 11) is 0. The highest BCUT2D eigenvalue weighted by Crippen LogP contribution is 2.25. The van der Waals surface area contributed by atoms with Gasteiger partial charge in [0.05, 0.1) is 29.2 Å². The maximum atomic E-state index is 12.6. The first kappa shape index (κ1) is 24.8. The van der Waals surface area contributed by atoms with Gasteiger partial charge in [0.2, 0.25) is 5.91 Å². The molecular formula is C21H28N4O7. The molecule has 32 heavy (non-hydrogen) atoms. The smallest absolute Gasteiger partial charge is 0.331 e. The topological polar surface area (TPSA) is 160 Å². The molecule has 0 radical (unpaired) electrons. The van der Waals surface area contributed by atoms with Gasteiger partial charge in [-0.2, -0.15) is 0 Å². The van der Waals surface area contributed by atoms with Crippen molar-refractivity contribution in [2.45, 2.75) is 64.3 Å². The number of non-ortho nitro benzene ring substituents is 1. The minimum absolute atomic E-state index is 0.0363. The van der Waals surface area contributed by atoms with Gasteiger partial charge in [-0.3, -0.25) is 14.9 Å². The zero-order valence-electron chi connectivity index (χ0n) is 18.2. The van der Waals surface area contributed by atoms with Crippen molar-refractivity contribution in [3.05, 3.63) is 46.0 Å². The van der Waals surface area contributed by atoms with Gasteiger partial charge in [-0.15, -0.1) is 0 Å². The quantitative estimate of drug-likeness (QED) is 0.333. The number of rotatable bonds is 9. The van der Waals surface area contributed by atoms with E-state index >= 15 is 0 Å². The van der Waals surface area contributed by atoms with Crippen molar-refractivity contribution >= 4 is 29.3 Å². The Balaban J connectivity index is 2.25. The molecule has 0 spiro atoms. The van der Waals surface area contributed by atoms with Crippen LogP contribution in [0.25, 0.3) is 0 Å². The minimum Gasteiger partial charge on any atom is -0.478 e. The number of carboxylic acid groups (broad SMARTS) is 1. The van der Waals surface area contributed by atoms with Crippen molar-refractivity contribution in [1.82, 2.24) is 10.6 Å². The van der Waals surface area contributed by atoms with Crippen LogP contribution in [0.5, 0.6) is 0 Å². The van der Waals surface area contributed by atoms with Crippen LogP contribution in [0.4, 0.5) is 16.2 Å². The molecule has 3 atom stereocenters. The standard InChI is InChI=1S/C21H28N4O7/c1-4-16(5-2)32-18-10-13(20(27)28)9-17(19(18)22-12(3)26)24-21(29)23-14-7-6-8-15(11-14)25(30)31/h6-8,10-11,16-19H,4-5,9H2,1-3H3,(H,22,26)(H,27,28)(H2,23,24,29)/t17-,18+,19+/m0/s1. The lowest BCUT2D eigenvalue weighted by atomic mass is 9.87. The number of nitrogens with zero attached hydrogens (tertiary/aromatic N) is 1. The lowest BCUT2D eigenvalue weighted by molar-refractivity contribution is -0.384. The SMILES string of the molecule is CCC(CC)O[C@@H]1C=C(C(=O)O)C[C@H](NC(=O)Nc2cccc([N+](=O)[O-])c2)[C@H]1NC(C)=O. The van der Waals surface area contributed by atoms with Crippen LogP contribution in [0.2, 0.25) is 0 Å². The third-order valence-corrected chi connectivity index (χ3v) is 5.13. The Morgan fingerprint density at radius 2 is 1.94 bits per heavy atom. The number of hydrogen-bond acceptors (Lipinski definition) is 6. The van der Waals surface area contributed by atoms with Crippen LogP contribution in [-0.2, 0) is 14.3 Å². The van der Waals surface area contributed by atoms with Gasteiger partial charge in [0.1, 0.15) is 0 Å². The van der Waals surface area contributed by atoms with E-state index < -0.39 is 35.1 Å². The van der Waals surface area contributed by atoms with Crippen molar-refractivity contribution in [3.8, 4) is 0 Å². The molecule has 0 aromatic heterocycles. The second-order valence-corrected chi connectivity index (χ2v) is 7.48. The molecule has 0 fully saturated rings. The highest BCUT2D eigenvalue weighted by molar-refractivity contribution is 5.91. The average molecular weight is 448 g/mol. The first-order valence-corrected chi connectivity index (χ1v) is 10.3. The number of nitro benzene ring substituents is 1. The number of carboxylic acids is 1. The summed E-state index contributed by atoms with van der Waals surface area (Å²) in [6.45, 7) is 5.20. The molecule has 0 saturated carbocycles. The Hall–Kier alpha value is -3.47. The number of hydrogen-bond donors (Lipinski definition) is 4. The van der Waals surface area contributed by atoms with Gasteiger partial charge < -0.3 is 25.8 Å². The molecule has 2 rings (SSSR count). The van der Waals surface area contributed by atoms with E-state index in [1.54, 1.807) is 0 Å². The first-order valence-electron chi connectivity index (χ1n) is 10.3. The maximum Gasteiger partial charge on any atom is 0.331 e. The fraction of sp³-hybridized carbons (Fsp3) is 0.476. The molecule has 11 nitrogen and oxygen atoms in total. The number of aliphatic carboxylic acids is 1. The number of carbonyl (C=O) groups excluding carboxylic acids is 2. The van der Waals surface area contributed by atoms with Crippen LogP contribution in [0.15, 0.2) is 35.9 Å². The predicted molar refractivity (Wildman–Crippen MR) is 116 cm³/mol. The van der Waals surface area contributed by atoms with Crippen LogP contribution in [0.1, 0.15) is 40.0 Å². The number of anilines is 1. The van der Waals surface area contributed by atoms with Crippen molar-refractivity contribution in [2.75, 3.05) is 5.32 Å². The molecule has 0 saturated heterocycles. The van der Waals surface area contributed by atoms with Crippen molar-refractivity contribution < 1.29 is 29.2 Å². The lowest BCUT2D eigenvalue weighted by Crippen LogP contribution is -2.60. The Morgan fingerprint density at radius 1 is 1.25 bits per heavy atom. The van der Waals surface area contributed by atoms with E-state index in [2.05, 4.69) is 16.0 Å². The fourth-order valence-corrected chi connectivity index (χ4v) is 3.54. The van der Waals surface area contributed by atoms with Gasteiger partial charge >= 0.3 is 12.0 Å². The largest absolute Gasteiger partial charge is 0.478 e. The van der Waals surface area contributed by atoms with Crippen LogP contribution in [0.3, 0.4) is 0 Å². The molecule has 1 aromatic rings. The third-order valence-electron chi connectivity index (χ3n) is 5.13. The first-order chi connectivity index (χ1) is 15.1. The van der Waals surface area contributed by atoms with E-state index in [4.69, 9.17) is 4.74 Å². The second-order valence-electron chi connectivity index (χ2n) is 7.48. The van der Waals surface area contributed by atoms with E-state index in [1.807, 2.05) is 13.8 Å². The highest BCUT2D eigenvalue weighted by atomic mass is 16.6. The van der Waals surface area contributed by atoms with Gasteiger partial charge in [-0.05, 0) is 25.0 Å². The molecule has 1 aliphatic rings. The van der Waals surface area contributed by atoms with Gasteiger partial charge in [-0.25, -0.2) is 9.59 Å². The summed E-state index contributed by atoms with van der Waals surface area (Å²) in [5.41, 5.74) is 0.0666. The minimum atomic E-state index is -1.14. The summed E-state index contributed by atoms with van der Waals surface area (Å²) in [5, 5.41) is 28.4. The summed E-state index contributed by atoms with van der Waals surface area (Å²) in [6.07, 6.45) is 1.92. The summed E-state index contributed by atoms with van der Waals surface area (Å²) in [5.74, 6) is -1.50. The Labute approximate surface area is 185 Å². The van der Waals surface area contributed by atoms with E-state index in [1.165, 1.54) is 37.3 Å². The molecule has 0 aliphatic heterocycles. The van der Waals surface area contributed by atoms with Crippen LogP contribution in [0, 0.1) is 10.1 Å². The van der Waals surface area contributed by atoms with Crippen molar-refractivity contribution in [3.63, 3.8) is 0 Å². The zero-order valence-corrected chi connectivity index (χ0v) is 18.2. The summed E-state index contributed by atoms with van der Waals surface area (Å²) >= 11 is 0. The van der Waals surface area contributed by atoms with E-state index in [0.29, 0.717) is 12.8 Å². The monoisotopic (exact) mass is 448 g/mol. The number of nitro groups is 1. The highest BCUT2D eigenvalue weighted by Gasteiger charge is 2.38. The number of ether oxygens (including phenoxy) is 1. The normalized spacial score (nSPS) is 20.2. The van der Waals surface area contributed by atoms with Crippen LogP contribution in [-0.4, -0.2) is 52.2 Å². The molecule has 0 bridgehead atoms. The van der Waals surface area contributed by atoms with Gasteiger partial charge in [-0.1, -0.05) is 19.9 Å². The molecule has 0 heterocycles. The number of amides is 3. The number of benzene rings is 1. The number of urea groups is 1. The Morgan fingerprint density at radius 3 is 2.50 bits per heavy atom. The fourth-order valence-electron chi connectivity index (χ4n) is 3.54. The Kier molecular flexibility index (Phi) is 8.71. The molecule has 174 valence electrons. The molecule has 1 aromatic carbocycles. The average Bonchev–Trinajstić information content (AvgIpc) is 2.73. The molecule has 11 heteroatoms. The molecule has 0 unspecified atom stereocenters. The molecular weight excluding hydrogens is 420 g/mol. The number of nitrogens with one attached hydrogen (secondary N) is 3. The summed E-state index contributed by atoms with van der Waals surface area (Å²) in [6, 6.07) is 3.23. The van der Waals surface area contributed by atoms with E-state index in [-0.39, 0.29) is 35.4 Å². The predicted octanol–water partition coefficient (Wildman–Crippen LogP) is 2.58. The van der Waals surface area contributed by atoms with Gasteiger partial charge in [0.25, 0.3) is 5.69 Å². The van der Waals surface area contributed by atoms with Gasteiger partial charge in [0, 0.05) is 36.7 Å². The molecule has 1 aliphatic carbocycles. The van der Waals surface area contributed by atoms with Crippen molar-refractivity contribution in [2.24, 2.45) is 0 Å². The summed E-state index contributed by atoms with van der Waals surface area (Å²) < 4.78 is 6.05. The zero-order chi connectivity index (χ0) is 23.8. The lowest BCUT2D eigenvalue weighted by Gasteiger charge is -2.38. The number of carbonyl (C=O) groups is 3.